The molecule has 0 aromatic heterocycles. The lowest BCUT2D eigenvalue weighted by atomic mass is 9.99. The summed E-state index contributed by atoms with van der Waals surface area (Å²) in [4.78, 5) is 14.6. The zero-order chi connectivity index (χ0) is 18.5. The highest BCUT2D eigenvalue weighted by Crippen LogP contribution is 2.24. The summed E-state index contributed by atoms with van der Waals surface area (Å²) < 4.78 is 0. The molecule has 0 atom stereocenters. The third-order valence-electron chi connectivity index (χ3n) is 4.62. The monoisotopic (exact) mass is 387 g/mol. The quantitative estimate of drug-likeness (QED) is 0.749. The highest BCUT2D eigenvalue weighted by molar-refractivity contribution is 7.80. The molecule has 1 amide bonds. The molecule has 3 rings (SSSR count). The Hall–Kier alpha value is -2.11. The summed E-state index contributed by atoms with van der Waals surface area (Å²) in [6, 6.07) is 15.0. The summed E-state index contributed by atoms with van der Waals surface area (Å²) in [5.41, 5.74) is 2.45. The van der Waals surface area contributed by atoms with E-state index in [1.165, 1.54) is 18.5 Å². The zero-order valence-electron chi connectivity index (χ0n) is 14.7. The number of hydrogen-bond acceptors (Lipinski definition) is 3. The van der Waals surface area contributed by atoms with E-state index in [1.807, 2.05) is 12.1 Å². The molecule has 2 aromatic carbocycles. The average Bonchev–Trinajstić information content (AvgIpc) is 2.63. The van der Waals surface area contributed by atoms with Crippen molar-refractivity contribution in [3.8, 4) is 0 Å². The van der Waals surface area contributed by atoms with Crippen molar-refractivity contribution in [2.24, 2.45) is 5.92 Å². The normalized spacial score (nSPS) is 14.8. The van der Waals surface area contributed by atoms with Gasteiger partial charge in [-0.3, -0.25) is 10.1 Å². The number of anilines is 2. The van der Waals surface area contributed by atoms with Crippen molar-refractivity contribution in [2.45, 2.75) is 19.8 Å². The van der Waals surface area contributed by atoms with Crippen LogP contribution in [0, 0.1) is 5.92 Å². The Morgan fingerprint density at radius 2 is 1.77 bits per heavy atom. The molecule has 1 saturated heterocycles. The number of rotatable bonds is 3. The fourth-order valence-corrected chi connectivity index (χ4v) is 3.43. The molecule has 0 unspecified atom stereocenters. The van der Waals surface area contributed by atoms with Crippen LogP contribution in [-0.4, -0.2) is 24.1 Å². The van der Waals surface area contributed by atoms with E-state index in [0.717, 1.165) is 24.7 Å². The number of piperidine rings is 1. The second kappa shape index (κ2) is 8.52. The van der Waals surface area contributed by atoms with E-state index >= 15 is 0 Å². The Balaban J connectivity index is 1.56. The van der Waals surface area contributed by atoms with Crippen molar-refractivity contribution >= 4 is 46.2 Å². The first-order chi connectivity index (χ1) is 12.5. The first-order valence-corrected chi connectivity index (χ1v) is 9.53. The van der Waals surface area contributed by atoms with Gasteiger partial charge in [0.1, 0.15) is 0 Å². The van der Waals surface area contributed by atoms with E-state index in [2.05, 4.69) is 34.6 Å². The number of thiocarbonyl (C=S) groups is 1. The van der Waals surface area contributed by atoms with Gasteiger partial charge in [-0.05, 0) is 67.4 Å². The van der Waals surface area contributed by atoms with E-state index in [0.29, 0.717) is 10.6 Å². The fraction of sp³-hybridized carbons (Fsp3) is 0.300. The summed E-state index contributed by atoms with van der Waals surface area (Å²) in [6.07, 6.45) is 2.47. The topological polar surface area (TPSA) is 44.4 Å². The molecule has 136 valence electrons. The Labute approximate surface area is 164 Å². The van der Waals surface area contributed by atoms with Crippen LogP contribution in [0.4, 0.5) is 11.4 Å². The van der Waals surface area contributed by atoms with E-state index in [1.54, 1.807) is 24.3 Å². The first kappa shape index (κ1) is 18.7. The minimum absolute atomic E-state index is 0.245. The fourth-order valence-electron chi connectivity index (χ4n) is 3.00. The van der Waals surface area contributed by atoms with Gasteiger partial charge in [0.15, 0.2) is 5.11 Å². The van der Waals surface area contributed by atoms with Crippen LogP contribution in [0.1, 0.15) is 30.1 Å². The number of carbonyl (C=O) groups excluding carboxylic acids is 1. The van der Waals surface area contributed by atoms with Crippen molar-refractivity contribution in [3.63, 3.8) is 0 Å². The number of halogens is 1. The van der Waals surface area contributed by atoms with Gasteiger partial charge in [0.05, 0.1) is 10.6 Å². The average molecular weight is 388 g/mol. The van der Waals surface area contributed by atoms with Crippen LogP contribution >= 0.6 is 23.8 Å². The van der Waals surface area contributed by atoms with Crippen molar-refractivity contribution in [3.05, 3.63) is 59.1 Å². The van der Waals surface area contributed by atoms with Gasteiger partial charge in [-0.1, -0.05) is 30.7 Å². The van der Waals surface area contributed by atoms with Crippen LogP contribution in [0.5, 0.6) is 0 Å². The molecule has 0 radical (unpaired) electrons. The third-order valence-corrected chi connectivity index (χ3v) is 5.15. The highest BCUT2D eigenvalue weighted by Gasteiger charge is 2.16. The third kappa shape index (κ3) is 4.74. The number of nitrogens with one attached hydrogen (secondary N) is 2. The van der Waals surface area contributed by atoms with Gasteiger partial charge in [0.2, 0.25) is 0 Å². The van der Waals surface area contributed by atoms with E-state index in [4.69, 9.17) is 23.8 Å². The van der Waals surface area contributed by atoms with E-state index in [9.17, 15) is 4.79 Å². The molecule has 4 nitrogen and oxygen atoms in total. The summed E-state index contributed by atoms with van der Waals surface area (Å²) in [5, 5.41) is 6.33. The largest absolute Gasteiger partial charge is 0.372 e. The SMILES string of the molecule is CC1CCN(c2ccc(NC(=S)NC(=O)c3ccccc3Cl)cc2)CC1. The summed E-state index contributed by atoms with van der Waals surface area (Å²) >= 11 is 11.3. The van der Waals surface area contributed by atoms with Crippen LogP contribution in [-0.2, 0) is 0 Å². The minimum atomic E-state index is -0.327. The van der Waals surface area contributed by atoms with Gasteiger partial charge in [-0.15, -0.1) is 0 Å². The lowest BCUT2D eigenvalue weighted by molar-refractivity contribution is 0.0978. The van der Waals surface area contributed by atoms with Crippen molar-refractivity contribution in [1.29, 1.82) is 0 Å². The molecule has 6 heteroatoms. The van der Waals surface area contributed by atoms with Crippen LogP contribution in [0.3, 0.4) is 0 Å². The van der Waals surface area contributed by atoms with Crippen molar-refractivity contribution in [2.75, 3.05) is 23.3 Å². The van der Waals surface area contributed by atoms with Crippen molar-refractivity contribution in [1.82, 2.24) is 5.32 Å². The first-order valence-electron chi connectivity index (χ1n) is 8.75. The summed E-state index contributed by atoms with van der Waals surface area (Å²) in [7, 11) is 0. The summed E-state index contributed by atoms with van der Waals surface area (Å²) in [5.74, 6) is 0.485. The molecule has 1 heterocycles. The molecule has 1 aliphatic heterocycles. The Bertz CT molecular complexity index is 786. The standard InChI is InChI=1S/C20H22ClN3OS/c1-14-10-12-24(13-11-14)16-8-6-15(7-9-16)22-20(26)23-19(25)17-4-2-3-5-18(17)21/h2-9,14H,10-13H2,1H3,(H2,22,23,25,26). The van der Waals surface area contributed by atoms with Crippen LogP contribution < -0.4 is 15.5 Å². The molecule has 1 fully saturated rings. The van der Waals surface area contributed by atoms with Crippen LogP contribution in [0.15, 0.2) is 48.5 Å². The van der Waals surface area contributed by atoms with Gasteiger partial charge >= 0.3 is 0 Å². The van der Waals surface area contributed by atoms with Gasteiger partial charge in [-0.2, -0.15) is 0 Å². The second-order valence-electron chi connectivity index (χ2n) is 6.60. The molecule has 0 bridgehead atoms. The number of carbonyl (C=O) groups is 1. The Morgan fingerprint density at radius 3 is 2.42 bits per heavy atom. The molecule has 0 spiro atoms. The maximum Gasteiger partial charge on any atom is 0.258 e. The highest BCUT2D eigenvalue weighted by atomic mass is 35.5. The smallest absolute Gasteiger partial charge is 0.258 e. The number of benzene rings is 2. The molecule has 2 N–H and O–H groups in total. The molecular formula is C20H22ClN3OS. The number of amides is 1. The lowest BCUT2D eigenvalue weighted by Gasteiger charge is -2.32. The predicted octanol–water partition coefficient (Wildman–Crippen LogP) is 4.70. The second-order valence-corrected chi connectivity index (χ2v) is 7.42. The van der Waals surface area contributed by atoms with Crippen molar-refractivity contribution < 1.29 is 4.79 Å². The van der Waals surface area contributed by atoms with Crippen LogP contribution in [0.25, 0.3) is 0 Å². The minimum Gasteiger partial charge on any atom is -0.372 e. The number of nitrogens with zero attached hydrogens (tertiary/aromatic N) is 1. The van der Waals surface area contributed by atoms with E-state index < -0.39 is 0 Å². The zero-order valence-corrected chi connectivity index (χ0v) is 16.2. The van der Waals surface area contributed by atoms with Gasteiger partial charge in [0.25, 0.3) is 5.91 Å². The molecule has 0 saturated carbocycles. The maximum absolute atomic E-state index is 12.2. The lowest BCUT2D eigenvalue weighted by Crippen LogP contribution is -2.34. The molecule has 26 heavy (non-hydrogen) atoms. The maximum atomic E-state index is 12.2. The van der Waals surface area contributed by atoms with E-state index in [-0.39, 0.29) is 11.0 Å². The molecule has 0 aliphatic carbocycles. The van der Waals surface area contributed by atoms with Gasteiger partial charge in [-0.25, -0.2) is 0 Å². The van der Waals surface area contributed by atoms with Gasteiger partial charge < -0.3 is 10.2 Å². The Morgan fingerprint density at radius 1 is 1.12 bits per heavy atom. The van der Waals surface area contributed by atoms with Gasteiger partial charge in [0, 0.05) is 24.5 Å². The predicted molar refractivity (Wildman–Crippen MR) is 112 cm³/mol. The Kier molecular flexibility index (Phi) is 6.12. The molecule has 1 aliphatic rings. The summed E-state index contributed by atoms with van der Waals surface area (Å²) in [6.45, 7) is 4.50. The molecular weight excluding hydrogens is 366 g/mol. The molecule has 2 aromatic rings. The number of hydrogen-bond donors (Lipinski definition) is 2. The van der Waals surface area contributed by atoms with Crippen LogP contribution in [0.2, 0.25) is 5.02 Å².